The molecular weight excluding hydrogens is 254 g/mol. The van der Waals surface area contributed by atoms with Crippen LogP contribution in [0.25, 0.3) is 0 Å². The van der Waals surface area contributed by atoms with Crippen molar-refractivity contribution in [3.05, 3.63) is 59.9 Å². The Hall–Kier alpha value is -2.27. The summed E-state index contributed by atoms with van der Waals surface area (Å²) in [5.74, 6) is -0.289. The summed E-state index contributed by atoms with van der Waals surface area (Å²) < 4.78 is 5.11. The van der Waals surface area contributed by atoms with Gasteiger partial charge < -0.3 is 4.74 Å². The number of ether oxygens (including phenoxy) is 1. The van der Waals surface area contributed by atoms with Crippen LogP contribution in [0.3, 0.4) is 0 Å². The SMILES string of the molecule is CCOC(=O)C(NCc1cccnn1)c1ccccc1. The topological polar surface area (TPSA) is 64.1 Å². The van der Waals surface area contributed by atoms with Crippen molar-refractivity contribution < 1.29 is 9.53 Å². The van der Waals surface area contributed by atoms with Crippen LogP contribution in [-0.2, 0) is 16.1 Å². The van der Waals surface area contributed by atoms with Crippen LogP contribution in [0, 0.1) is 0 Å². The third-order valence-corrected chi connectivity index (χ3v) is 2.77. The molecule has 1 N–H and O–H groups in total. The fraction of sp³-hybridized carbons (Fsp3) is 0.267. The average Bonchev–Trinajstić information content (AvgIpc) is 2.50. The number of hydrogen-bond acceptors (Lipinski definition) is 5. The maximum absolute atomic E-state index is 12.0. The molecule has 0 radical (unpaired) electrons. The molecule has 0 saturated heterocycles. The maximum Gasteiger partial charge on any atom is 0.327 e. The predicted molar refractivity (Wildman–Crippen MR) is 74.7 cm³/mol. The van der Waals surface area contributed by atoms with E-state index in [2.05, 4.69) is 15.5 Å². The van der Waals surface area contributed by atoms with Gasteiger partial charge in [0.15, 0.2) is 0 Å². The lowest BCUT2D eigenvalue weighted by Gasteiger charge is -2.17. The lowest BCUT2D eigenvalue weighted by molar-refractivity contribution is -0.145. The molecule has 0 aliphatic rings. The molecular formula is C15H17N3O2. The molecule has 20 heavy (non-hydrogen) atoms. The van der Waals surface area contributed by atoms with E-state index in [-0.39, 0.29) is 5.97 Å². The van der Waals surface area contributed by atoms with Crippen LogP contribution in [-0.4, -0.2) is 22.8 Å². The van der Waals surface area contributed by atoms with Crippen molar-refractivity contribution in [1.29, 1.82) is 0 Å². The Labute approximate surface area is 118 Å². The van der Waals surface area contributed by atoms with Gasteiger partial charge in [-0.2, -0.15) is 10.2 Å². The molecule has 1 aromatic carbocycles. The number of aromatic nitrogens is 2. The number of benzene rings is 1. The summed E-state index contributed by atoms with van der Waals surface area (Å²) in [4.78, 5) is 12.0. The van der Waals surface area contributed by atoms with E-state index in [9.17, 15) is 4.79 Å². The second-order valence-electron chi connectivity index (χ2n) is 4.19. The van der Waals surface area contributed by atoms with E-state index >= 15 is 0 Å². The van der Waals surface area contributed by atoms with Crippen molar-refractivity contribution in [3.8, 4) is 0 Å². The molecule has 0 saturated carbocycles. The lowest BCUT2D eigenvalue weighted by atomic mass is 10.1. The minimum absolute atomic E-state index is 0.289. The van der Waals surface area contributed by atoms with Gasteiger partial charge in [0.1, 0.15) is 6.04 Å². The molecule has 1 atom stereocenters. The summed E-state index contributed by atoms with van der Waals surface area (Å²) in [6, 6.07) is 12.7. The highest BCUT2D eigenvalue weighted by atomic mass is 16.5. The van der Waals surface area contributed by atoms with Crippen LogP contribution >= 0.6 is 0 Å². The van der Waals surface area contributed by atoms with Crippen LogP contribution in [0.15, 0.2) is 48.7 Å². The number of hydrogen-bond donors (Lipinski definition) is 1. The fourth-order valence-electron chi connectivity index (χ4n) is 1.84. The predicted octanol–water partition coefficient (Wildman–Crippen LogP) is 1.87. The van der Waals surface area contributed by atoms with Gasteiger partial charge in [0, 0.05) is 12.7 Å². The molecule has 0 bridgehead atoms. The maximum atomic E-state index is 12.0. The van der Waals surface area contributed by atoms with Gasteiger partial charge in [-0.25, -0.2) is 4.79 Å². The standard InChI is InChI=1S/C15H17N3O2/c1-2-20-15(19)14(12-7-4-3-5-8-12)16-11-13-9-6-10-17-18-13/h3-10,14,16H,2,11H2,1H3. The van der Waals surface area contributed by atoms with Gasteiger partial charge >= 0.3 is 5.97 Å². The molecule has 0 amide bonds. The second-order valence-corrected chi connectivity index (χ2v) is 4.19. The number of nitrogens with one attached hydrogen (secondary N) is 1. The Morgan fingerprint density at radius 3 is 2.70 bits per heavy atom. The van der Waals surface area contributed by atoms with Crippen molar-refractivity contribution in [1.82, 2.24) is 15.5 Å². The highest BCUT2D eigenvalue weighted by Crippen LogP contribution is 2.15. The highest BCUT2D eigenvalue weighted by molar-refractivity contribution is 5.77. The third-order valence-electron chi connectivity index (χ3n) is 2.77. The van der Waals surface area contributed by atoms with Crippen molar-refractivity contribution in [2.24, 2.45) is 0 Å². The molecule has 0 aliphatic heterocycles. The van der Waals surface area contributed by atoms with E-state index in [1.807, 2.05) is 42.5 Å². The van der Waals surface area contributed by atoms with Gasteiger partial charge in [-0.3, -0.25) is 5.32 Å². The van der Waals surface area contributed by atoms with Crippen LogP contribution < -0.4 is 5.32 Å². The van der Waals surface area contributed by atoms with Gasteiger partial charge in [0.05, 0.1) is 12.3 Å². The molecule has 2 aromatic rings. The highest BCUT2D eigenvalue weighted by Gasteiger charge is 2.21. The summed E-state index contributed by atoms with van der Waals surface area (Å²) in [6.07, 6.45) is 1.61. The normalized spacial score (nSPS) is 11.8. The Morgan fingerprint density at radius 1 is 1.25 bits per heavy atom. The Balaban J connectivity index is 2.09. The first-order valence-electron chi connectivity index (χ1n) is 6.52. The first-order valence-corrected chi connectivity index (χ1v) is 6.52. The van der Waals surface area contributed by atoms with Crippen molar-refractivity contribution in [2.75, 3.05) is 6.61 Å². The van der Waals surface area contributed by atoms with E-state index < -0.39 is 6.04 Å². The summed E-state index contributed by atoms with van der Waals surface area (Å²) in [6.45, 7) is 2.60. The molecule has 1 heterocycles. The van der Waals surface area contributed by atoms with Gasteiger partial charge in [-0.15, -0.1) is 0 Å². The molecule has 1 unspecified atom stereocenters. The smallest absolute Gasteiger partial charge is 0.327 e. The molecule has 0 fully saturated rings. The molecule has 2 rings (SSSR count). The second kappa shape index (κ2) is 7.35. The fourth-order valence-corrected chi connectivity index (χ4v) is 1.84. The summed E-state index contributed by atoms with van der Waals surface area (Å²) in [7, 11) is 0. The molecule has 104 valence electrons. The first-order chi connectivity index (χ1) is 9.81. The van der Waals surface area contributed by atoms with Crippen LogP contribution in [0.4, 0.5) is 0 Å². The van der Waals surface area contributed by atoms with Crippen molar-refractivity contribution >= 4 is 5.97 Å². The number of rotatable bonds is 6. The van der Waals surface area contributed by atoms with Gasteiger partial charge in [-0.05, 0) is 24.6 Å². The van der Waals surface area contributed by atoms with E-state index in [1.54, 1.807) is 13.1 Å². The summed E-state index contributed by atoms with van der Waals surface area (Å²) in [5.41, 5.74) is 1.65. The summed E-state index contributed by atoms with van der Waals surface area (Å²) in [5, 5.41) is 11.0. The number of carbonyl (C=O) groups excluding carboxylic acids is 1. The Kier molecular flexibility index (Phi) is 5.20. The molecule has 0 spiro atoms. The van der Waals surface area contributed by atoms with Gasteiger partial charge in [-0.1, -0.05) is 30.3 Å². The Morgan fingerprint density at radius 2 is 2.05 bits per heavy atom. The van der Waals surface area contributed by atoms with E-state index in [4.69, 9.17) is 4.74 Å². The quantitative estimate of drug-likeness (QED) is 0.813. The number of esters is 1. The molecule has 5 nitrogen and oxygen atoms in total. The molecule has 1 aromatic heterocycles. The van der Waals surface area contributed by atoms with Crippen LogP contribution in [0.5, 0.6) is 0 Å². The van der Waals surface area contributed by atoms with E-state index in [0.29, 0.717) is 13.2 Å². The van der Waals surface area contributed by atoms with E-state index in [0.717, 1.165) is 11.3 Å². The van der Waals surface area contributed by atoms with Crippen LogP contribution in [0.2, 0.25) is 0 Å². The Bertz CT molecular complexity index is 531. The average molecular weight is 271 g/mol. The van der Waals surface area contributed by atoms with Gasteiger partial charge in [0.25, 0.3) is 0 Å². The third kappa shape index (κ3) is 3.86. The minimum Gasteiger partial charge on any atom is -0.465 e. The molecule has 5 heteroatoms. The first kappa shape index (κ1) is 14.1. The number of nitrogens with zero attached hydrogens (tertiary/aromatic N) is 2. The van der Waals surface area contributed by atoms with Crippen molar-refractivity contribution in [3.63, 3.8) is 0 Å². The minimum atomic E-state index is -0.502. The van der Waals surface area contributed by atoms with Crippen LogP contribution in [0.1, 0.15) is 24.2 Å². The zero-order valence-corrected chi connectivity index (χ0v) is 11.3. The largest absolute Gasteiger partial charge is 0.465 e. The van der Waals surface area contributed by atoms with E-state index in [1.165, 1.54) is 0 Å². The molecule has 0 aliphatic carbocycles. The van der Waals surface area contributed by atoms with Gasteiger partial charge in [0.2, 0.25) is 0 Å². The lowest BCUT2D eigenvalue weighted by Crippen LogP contribution is -2.30. The number of carbonyl (C=O) groups is 1. The summed E-state index contributed by atoms with van der Waals surface area (Å²) >= 11 is 0. The zero-order valence-electron chi connectivity index (χ0n) is 11.3. The monoisotopic (exact) mass is 271 g/mol. The zero-order chi connectivity index (χ0) is 14.2. The van der Waals surface area contributed by atoms with Crippen molar-refractivity contribution in [2.45, 2.75) is 19.5 Å².